The van der Waals surface area contributed by atoms with Crippen LogP contribution in [0.1, 0.15) is 76.6 Å². The van der Waals surface area contributed by atoms with Crippen molar-refractivity contribution in [2.45, 2.75) is 82.1 Å². The van der Waals surface area contributed by atoms with Gasteiger partial charge in [0.05, 0.1) is 24.7 Å². The molecule has 0 spiro atoms. The number of nitrogens with zero attached hydrogens (tertiary/aromatic N) is 1. The Kier molecular flexibility index (Phi) is 10.6. The monoisotopic (exact) mass is 710 g/mol. The van der Waals surface area contributed by atoms with Crippen molar-refractivity contribution in [3.63, 3.8) is 0 Å². The fraction of sp³-hybridized carbons (Fsp3) is 0.357. The molecule has 0 radical (unpaired) electrons. The van der Waals surface area contributed by atoms with E-state index in [1.165, 1.54) is 10.4 Å². The van der Waals surface area contributed by atoms with Crippen molar-refractivity contribution >= 4 is 47.8 Å². The summed E-state index contributed by atoms with van der Waals surface area (Å²) < 4.78 is 7.62. The molecule has 1 saturated heterocycles. The predicted molar refractivity (Wildman–Crippen MR) is 206 cm³/mol. The number of carbonyl (C=O) groups excluding carboxylic acids is 1. The Hall–Kier alpha value is -3.19. The molecule has 256 valence electrons. The largest absolute Gasteiger partial charge is 0.405 e. The van der Waals surface area contributed by atoms with Crippen molar-refractivity contribution in [2.75, 3.05) is 6.61 Å². The van der Waals surface area contributed by atoms with E-state index in [0.717, 1.165) is 24.0 Å². The van der Waals surface area contributed by atoms with Gasteiger partial charge in [-0.25, -0.2) is 0 Å². The van der Waals surface area contributed by atoms with Crippen molar-refractivity contribution in [1.29, 1.82) is 0 Å². The first-order valence-electron chi connectivity index (χ1n) is 17.5. The molecule has 1 N–H and O–H groups in total. The second-order valence-electron chi connectivity index (χ2n) is 14.7. The van der Waals surface area contributed by atoms with Crippen LogP contribution in [0.5, 0.6) is 0 Å². The third-order valence-corrected chi connectivity index (χ3v) is 16.1. The average Bonchev–Trinajstić information content (AvgIpc) is 3.94. The van der Waals surface area contributed by atoms with Crippen LogP contribution >= 0.6 is 23.2 Å². The standard InChI is InChI=1S/C42H48Cl2N2O2Si/c1-6-27-42(7-2)40(47)46(39(31-23-25-33(43)26-24-31)38(45-42)32-15-14-16-34(44)28-32)37(30-21-22-30)29-48-49(41(3,4)5,35-17-10-8-11-18-35)36-19-12-9-13-20-36/h6,8-20,23-26,28,30,37-39,45H,1,7,21-22,27,29H2,2-5H3/t37-,38-,39+,42?/m1/s1. The molecular formula is C42H48Cl2N2O2Si. The summed E-state index contributed by atoms with van der Waals surface area (Å²) in [5.41, 5.74) is 1.23. The minimum atomic E-state index is -2.88. The summed E-state index contributed by atoms with van der Waals surface area (Å²) in [7, 11) is -2.88. The maximum absolute atomic E-state index is 15.3. The maximum Gasteiger partial charge on any atom is 0.261 e. The zero-order chi connectivity index (χ0) is 34.8. The molecule has 49 heavy (non-hydrogen) atoms. The number of piperazine rings is 1. The third kappa shape index (κ3) is 6.94. The van der Waals surface area contributed by atoms with Gasteiger partial charge in [-0.15, -0.1) is 6.58 Å². The van der Waals surface area contributed by atoms with Crippen molar-refractivity contribution in [2.24, 2.45) is 5.92 Å². The van der Waals surface area contributed by atoms with E-state index in [4.69, 9.17) is 27.6 Å². The Morgan fingerprint density at radius 3 is 2.02 bits per heavy atom. The van der Waals surface area contributed by atoms with Crippen molar-refractivity contribution in [3.8, 4) is 0 Å². The molecule has 4 aromatic carbocycles. The maximum atomic E-state index is 15.3. The highest BCUT2D eigenvalue weighted by atomic mass is 35.5. The van der Waals surface area contributed by atoms with Gasteiger partial charge in [0.1, 0.15) is 5.54 Å². The van der Waals surface area contributed by atoms with E-state index >= 15 is 4.79 Å². The van der Waals surface area contributed by atoms with Gasteiger partial charge in [0, 0.05) is 10.0 Å². The van der Waals surface area contributed by atoms with E-state index in [1.54, 1.807) is 0 Å². The van der Waals surface area contributed by atoms with E-state index in [1.807, 2.05) is 36.4 Å². The normalized spacial score (nSPS) is 22.2. The molecular weight excluding hydrogens is 663 g/mol. The van der Waals surface area contributed by atoms with Gasteiger partial charge >= 0.3 is 0 Å². The Morgan fingerprint density at radius 1 is 0.898 bits per heavy atom. The molecule has 0 aromatic heterocycles. The molecule has 4 aromatic rings. The van der Waals surface area contributed by atoms with E-state index in [9.17, 15) is 0 Å². The molecule has 4 nitrogen and oxygen atoms in total. The van der Waals surface area contributed by atoms with Crippen LogP contribution in [-0.2, 0) is 9.22 Å². The predicted octanol–water partition coefficient (Wildman–Crippen LogP) is 9.29. The zero-order valence-corrected chi connectivity index (χ0v) is 31.6. The summed E-state index contributed by atoms with van der Waals surface area (Å²) in [5.74, 6) is 0.421. The van der Waals surface area contributed by atoms with Gasteiger partial charge in [-0.2, -0.15) is 0 Å². The average molecular weight is 712 g/mol. The highest BCUT2D eigenvalue weighted by Gasteiger charge is 2.56. The summed E-state index contributed by atoms with van der Waals surface area (Å²) in [6, 6.07) is 36.8. The second-order valence-corrected chi connectivity index (χ2v) is 19.9. The number of rotatable bonds is 12. The SMILES string of the molecule is C=CCC1(CC)N[C@H](c2cccc(Cl)c2)[C@H](c2ccc(Cl)cc2)N([C@H](CO[Si](c2ccccc2)(c2ccccc2)C(C)(C)C)C2CC2)C1=O. The van der Waals surface area contributed by atoms with Crippen molar-refractivity contribution in [3.05, 3.63) is 143 Å². The molecule has 6 rings (SSSR count). The first-order valence-corrected chi connectivity index (χ1v) is 20.2. The molecule has 1 unspecified atom stereocenters. The van der Waals surface area contributed by atoms with E-state index < -0.39 is 13.9 Å². The van der Waals surface area contributed by atoms with Gasteiger partial charge in [-0.05, 0) is 82.4 Å². The van der Waals surface area contributed by atoms with E-state index in [2.05, 4.69) is 123 Å². The molecule has 1 heterocycles. The van der Waals surface area contributed by atoms with Crippen LogP contribution in [0.2, 0.25) is 15.1 Å². The van der Waals surface area contributed by atoms with Gasteiger partial charge in [-0.3, -0.25) is 10.1 Å². The minimum Gasteiger partial charge on any atom is -0.405 e. The Labute approximate surface area is 303 Å². The molecule has 2 aliphatic rings. The molecule has 1 aliphatic heterocycles. The van der Waals surface area contributed by atoms with Crippen LogP contribution in [0.3, 0.4) is 0 Å². The molecule has 0 bridgehead atoms. The first-order chi connectivity index (χ1) is 23.5. The quantitative estimate of drug-likeness (QED) is 0.118. The number of nitrogens with one attached hydrogen (secondary N) is 1. The summed E-state index contributed by atoms with van der Waals surface area (Å²) in [6.45, 7) is 13.5. The number of hydrogen-bond acceptors (Lipinski definition) is 3. The summed E-state index contributed by atoms with van der Waals surface area (Å²) >= 11 is 13.1. The minimum absolute atomic E-state index is 0.0936. The highest BCUT2D eigenvalue weighted by Crippen LogP contribution is 2.49. The molecule has 4 atom stereocenters. The summed E-state index contributed by atoms with van der Waals surface area (Å²) in [5, 5.41) is 7.48. The van der Waals surface area contributed by atoms with Crippen LogP contribution in [0.15, 0.2) is 122 Å². The molecule has 7 heteroatoms. The van der Waals surface area contributed by atoms with E-state index in [0.29, 0.717) is 35.4 Å². The number of halogens is 2. The van der Waals surface area contributed by atoms with Crippen LogP contribution in [-0.4, -0.2) is 37.3 Å². The molecule has 1 saturated carbocycles. The Morgan fingerprint density at radius 2 is 1.51 bits per heavy atom. The number of benzene rings is 4. The number of amides is 1. The van der Waals surface area contributed by atoms with Crippen LogP contribution in [0.4, 0.5) is 0 Å². The third-order valence-electron chi connectivity index (χ3n) is 10.6. The fourth-order valence-corrected chi connectivity index (χ4v) is 12.9. The highest BCUT2D eigenvalue weighted by molar-refractivity contribution is 6.99. The lowest BCUT2D eigenvalue weighted by atomic mass is 9.79. The number of carbonyl (C=O) groups is 1. The lowest BCUT2D eigenvalue weighted by Gasteiger charge is -2.54. The second kappa shape index (κ2) is 14.6. The number of hydrogen-bond donors (Lipinski definition) is 1. The van der Waals surface area contributed by atoms with E-state index in [-0.39, 0.29) is 29.1 Å². The lowest BCUT2D eigenvalue weighted by Crippen LogP contribution is -2.70. The van der Waals surface area contributed by atoms with Crippen LogP contribution in [0.25, 0.3) is 0 Å². The van der Waals surface area contributed by atoms with Crippen molar-refractivity contribution in [1.82, 2.24) is 10.2 Å². The smallest absolute Gasteiger partial charge is 0.261 e. The first kappa shape index (κ1) is 35.6. The lowest BCUT2D eigenvalue weighted by molar-refractivity contribution is -0.154. The van der Waals surface area contributed by atoms with Crippen molar-refractivity contribution < 1.29 is 9.22 Å². The van der Waals surface area contributed by atoms with Crippen LogP contribution in [0, 0.1) is 5.92 Å². The van der Waals surface area contributed by atoms with Gasteiger partial charge in [0.2, 0.25) is 5.91 Å². The van der Waals surface area contributed by atoms with Gasteiger partial charge in [0.25, 0.3) is 8.32 Å². The summed E-state index contributed by atoms with van der Waals surface area (Å²) in [6.07, 6.45) is 5.11. The van der Waals surface area contributed by atoms with Gasteiger partial charge in [-0.1, -0.05) is 142 Å². The van der Waals surface area contributed by atoms with Gasteiger partial charge < -0.3 is 9.33 Å². The Bertz CT molecular complexity index is 1700. The molecule has 1 amide bonds. The summed E-state index contributed by atoms with van der Waals surface area (Å²) in [4.78, 5) is 17.5. The zero-order valence-electron chi connectivity index (χ0n) is 29.0. The Balaban J connectivity index is 1.53. The van der Waals surface area contributed by atoms with Gasteiger partial charge in [0.15, 0.2) is 0 Å². The molecule has 2 fully saturated rings. The topological polar surface area (TPSA) is 41.6 Å². The fourth-order valence-electron chi connectivity index (χ4n) is 7.99. The molecule has 1 aliphatic carbocycles. The van der Waals surface area contributed by atoms with Crippen LogP contribution < -0.4 is 15.7 Å².